The number of rotatable bonds is 4. The van der Waals surface area contributed by atoms with Gasteiger partial charge in [-0.05, 0) is 62.6 Å². The van der Waals surface area contributed by atoms with Gasteiger partial charge in [-0.1, -0.05) is 152 Å². The van der Waals surface area contributed by atoms with E-state index in [0.29, 0.717) is 17.5 Å². The normalized spacial score (nSPS) is 11.9. The van der Waals surface area contributed by atoms with Gasteiger partial charge in [-0.25, -0.2) is 15.0 Å². The quantitative estimate of drug-likeness (QED) is 0.169. The molecule has 12 aromatic rings. The molecule has 0 saturated heterocycles. The summed E-state index contributed by atoms with van der Waals surface area (Å²) in [5, 5.41) is 12.2. The molecule has 0 fully saturated rings. The van der Waals surface area contributed by atoms with Gasteiger partial charge in [0.1, 0.15) is 0 Å². The maximum Gasteiger partial charge on any atom is 0.165 e. The van der Waals surface area contributed by atoms with Crippen LogP contribution in [-0.2, 0) is 0 Å². The Morgan fingerprint density at radius 3 is 1.88 bits per heavy atom. The average molecular weight is 731 g/mol. The van der Waals surface area contributed by atoms with E-state index >= 15 is 0 Å². The van der Waals surface area contributed by atoms with Crippen LogP contribution in [-0.4, -0.2) is 19.5 Å². The Labute approximate surface area is 325 Å². The van der Waals surface area contributed by atoms with Gasteiger partial charge < -0.3 is 4.57 Å². The minimum absolute atomic E-state index is 0.647. The summed E-state index contributed by atoms with van der Waals surface area (Å²) in [5.74, 6) is 1.95. The molecule has 12 rings (SSSR count). The van der Waals surface area contributed by atoms with Crippen LogP contribution >= 0.6 is 11.3 Å². The molecule has 3 heterocycles. The second kappa shape index (κ2) is 12.2. The number of nitrogens with zero attached hydrogens (tertiary/aromatic N) is 4. The first-order chi connectivity index (χ1) is 27.8. The van der Waals surface area contributed by atoms with E-state index in [9.17, 15) is 0 Å². The smallest absolute Gasteiger partial charge is 0.165 e. The fourth-order valence-electron chi connectivity index (χ4n) is 8.69. The van der Waals surface area contributed by atoms with Crippen LogP contribution in [0.4, 0.5) is 0 Å². The molecule has 5 heteroatoms. The Balaban J connectivity index is 1.19. The molecule has 3 aromatic heterocycles. The summed E-state index contributed by atoms with van der Waals surface area (Å²) in [6.45, 7) is 0. The predicted octanol–water partition coefficient (Wildman–Crippen LogP) is 13.8. The van der Waals surface area contributed by atoms with E-state index < -0.39 is 0 Å². The van der Waals surface area contributed by atoms with Crippen LogP contribution in [0.3, 0.4) is 0 Å². The summed E-state index contributed by atoms with van der Waals surface area (Å²) in [5.41, 5.74) is 6.30. The van der Waals surface area contributed by atoms with Crippen LogP contribution < -0.4 is 0 Å². The van der Waals surface area contributed by atoms with Gasteiger partial charge in [-0.15, -0.1) is 11.3 Å². The van der Waals surface area contributed by atoms with Gasteiger partial charge in [-0.2, -0.15) is 0 Å². The third kappa shape index (κ3) is 4.68. The number of fused-ring (bicyclic) bond motifs is 11. The van der Waals surface area contributed by atoms with Gasteiger partial charge in [-0.3, -0.25) is 0 Å². The summed E-state index contributed by atoms with van der Waals surface area (Å²) in [4.78, 5) is 15.8. The van der Waals surface area contributed by atoms with Crippen molar-refractivity contribution in [3.05, 3.63) is 182 Å². The van der Waals surface area contributed by atoms with E-state index in [1.54, 1.807) is 11.3 Å². The summed E-state index contributed by atoms with van der Waals surface area (Å²) < 4.78 is 4.81. The van der Waals surface area contributed by atoms with Crippen molar-refractivity contribution in [3.63, 3.8) is 0 Å². The Morgan fingerprint density at radius 1 is 0.375 bits per heavy atom. The lowest BCUT2D eigenvalue weighted by atomic mass is 9.98. The maximum atomic E-state index is 5.36. The standard InChI is InChI=1S/C51H30N4S/c1-2-15-33(16-3-1)49-52-50(40-22-12-17-31-13-4-7-19-36(31)40)54-51(53-49)43-30-34(29-42-38-20-9-11-24-46(38)56-48(42)43)55-44-23-10-8-21-41(44)47-39-26-25-32-14-5-6-18-35(32)37(39)27-28-45(47)55/h1-30H. The van der Waals surface area contributed by atoms with E-state index in [0.717, 1.165) is 48.9 Å². The molecule has 4 nitrogen and oxygen atoms in total. The maximum absolute atomic E-state index is 5.36. The van der Waals surface area contributed by atoms with Crippen LogP contribution in [0.5, 0.6) is 0 Å². The van der Waals surface area contributed by atoms with Crippen molar-refractivity contribution >= 4 is 85.6 Å². The highest BCUT2D eigenvalue weighted by molar-refractivity contribution is 7.26. The molecule has 0 saturated carbocycles. The van der Waals surface area contributed by atoms with Gasteiger partial charge in [0.25, 0.3) is 0 Å². The summed E-state index contributed by atoms with van der Waals surface area (Å²) in [7, 11) is 0. The zero-order valence-corrected chi connectivity index (χ0v) is 30.8. The van der Waals surface area contributed by atoms with Gasteiger partial charge in [0.15, 0.2) is 17.5 Å². The Kier molecular flexibility index (Phi) is 6.76. The van der Waals surface area contributed by atoms with E-state index in [4.69, 9.17) is 15.0 Å². The van der Waals surface area contributed by atoms with Crippen molar-refractivity contribution in [1.29, 1.82) is 0 Å². The lowest BCUT2D eigenvalue weighted by Crippen LogP contribution is -2.02. The van der Waals surface area contributed by atoms with Crippen LogP contribution in [0.15, 0.2) is 182 Å². The lowest BCUT2D eigenvalue weighted by Gasteiger charge is -2.14. The zero-order chi connectivity index (χ0) is 36.7. The van der Waals surface area contributed by atoms with E-state index in [-0.39, 0.29) is 0 Å². The monoisotopic (exact) mass is 730 g/mol. The van der Waals surface area contributed by atoms with Crippen LogP contribution in [0, 0.1) is 0 Å². The molecule has 260 valence electrons. The first-order valence-corrected chi connectivity index (χ1v) is 19.7. The molecule has 0 spiro atoms. The molecule has 0 aliphatic carbocycles. The highest BCUT2D eigenvalue weighted by atomic mass is 32.1. The van der Waals surface area contributed by atoms with Crippen molar-refractivity contribution in [3.8, 4) is 39.9 Å². The van der Waals surface area contributed by atoms with E-state index in [1.165, 1.54) is 47.8 Å². The Hall–Kier alpha value is -7.21. The minimum atomic E-state index is 0.647. The van der Waals surface area contributed by atoms with Crippen molar-refractivity contribution in [2.75, 3.05) is 0 Å². The van der Waals surface area contributed by atoms with Crippen molar-refractivity contribution in [2.45, 2.75) is 0 Å². The van der Waals surface area contributed by atoms with Crippen molar-refractivity contribution < 1.29 is 0 Å². The number of hydrogen-bond donors (Lipinski definition) is 0. The fraction of sp³-hybridized carbons (Fsp3) is 0. The van der Waals surface area contributed by atoms with Gasteiger partial charge in [0.2, 0.25) is 0 Å². The van der Waals surface area contributed by atoms with Crippen LogP contribution in [0.2, 0.25) is 0 Å². The van der Waals surface area contributed by atoms with Gasteiger partial charge >= 0.3 is 0 Å². The van der Waals surface area contributed by atoms with Crippen LogP contribution in [0.25, 0.3) is 114 Å². The third-order valence-electron chi connectivity index (χ3n) is 11.2. The predicted molar refractivity (Wildman–Crippen MR) is 236 cm³/mol. The first kappa shape index (κ1) is 31.2. The molecule has 0 unspecified atom stereocenters. The number of benzene rings is 9. The SMILES string of the molecule is c1ccc(-c2nc(-c3cccc4ccccc34)nc(-c3cc(-n4c5ccccc5c5c6ccc7ccccc7c6ccc54)cc4c3sc3ccccc34)n2)cc1. The Bertz CT molecular complexity index is 3540. The second-order valence-corrected chi connectivity index (χ2v) is 15.4. The molecule has 0 atom stereocenters. The second-order valence-electron chi connectivity index (χ2n) is 14.4. The number of hydrogen-bond acceptors (Lipinski definition) is 4. The van der Waals surface area contributed by atoms with Crippen molar-refractivity contribution in [2.24, 2.45) is 0 Å². The third-order valence-corrected chi connectivity index (χ3v) is 12.4. The van der Waals surface area contributed by atoms with Crippen LogP contribution in [0.1, 0.15) is 0 Å². The number of para-hydroxylation sites is 1. The molecule has 0 aliphatic heterocycles. The summed E-state index contributed by atoms with van der Waals surface area (Å²) >= 11 is 1.80. The molecular weight excluding hydrogens is 701 g/mol. The lowest BCUT2D eigenvalue weighted by molar-refractivity contribution is 1.08. The number of thiophene rings is 1. The first-order valence-electron chi connectivity index (χ1n) is 18.9. The molecule has 0 amide bonds. The highest BCUT2D eigenvalue weighted by Crippen LogP contribution is 2.44. The van der Waals surface area contributed by atoms with Gasteiger partial charge in [0.05, 0.1) is 11.0 Å². The van der Waals surface area contributed by atoms with E-state index in [1.807, 2.05) is 18.2 Å². The Morgan fingerprint density at radius 2 is 1.02 bits per heavy atom. The molecule has 0 bridgehead atoms. The topological polar surface area (TPSA) is 43.6 Å². The molecule has 0 radical (unpaired) electrons. The van der Waals surface area contributed by atoms with Gasteiger partial charge in [0, 0.05) is 53.3 Å². The number of aromatic nitrogens is 4. The zero-order valence-electron chi connectivity index (χ0n) is 30.0. The molecular formula is C51H30N4S. The molecule has 56 heavy (non-hydrogen) atoms. The minimum Gasteiger partial charge on any atom is -0.309 e. The fourth-order valence-corrected chi connectivity index (χ4v) is 9.89. The van der Waals surface area contributed by atoms with E-state index in [2.05, 4.69) is 168 Å². The summed E-state index contributed by atoms with van der Waals surface area (Å²) in [6.07, 6.45) is 0. The van der Waals surface area contributed by atoms with Crippen molar-refractivity contribution in [1.82, 2.24) is 19.5 Å². The summed E-state index contributed by atoms with van der Waals surface area (Å²) in [6, 6.07) is 65.0. The highest BCUT2D eigenvalue weighted by Gasteiger charge is 2.22. The molecule has 0 N–H and O–H groups in total. The average Bonchev–Trinajstić information content (AvgIpc) is 3.82. The molecule has 0 aliphatic rings. The largest absolute Gasteiger partial charge is 0.309 e. The molecule has 9 aromatic carbocycles.